The fourth-order valence-corrected chi connectivity index (χ4v) is 4.16. The number of anilines is 1. The topological polar surface area (TPSA) is 131 Å². The molecule has 0 spiro atoms. The standard InChI is InChI=1S/C28H37ClN4O5/c1-6-17-33(26(36)21(15-16-22(30)34)31-27(37)38-28(3,4)5)24(19-12-8-7-9-13-19)25(35)32-23-18(2)11-10-14-20(23)29/h7-14,21,24H,6,15-17H2,1-5H3,(H2,30,34)(H,31,37)(H,32,35). The minimum atomic E-state index is -1.15. The molecule has 2 unspecified atom stereocenters. The SMILES string of the molecule is CCCN(C(=O)C(CCC(N)=O)NC(=O)OC(C)(C)C)C(C(=O)Nc1c(C)cccc1Cl)c1ccccc1. The molecule has 0 radical (unpaired) electrons. The van der Waals surface area contributed by atoms with Crippen LogP contribution in [0.4, 0.5) is 10.5 Å². The van der Waals surface area contributed by atoms with Crippen LogP contribution in [0.1, 0.15) is 64.1 Å². The van der Waals surface area contributed by atoms with Crippen molar-refractivity contribution in [3.63, 3.8) is 0 Å². The van der Waals surface area contributed by atoms with Crippen molar-refractivity contribution in [2.75, 3.05) is 11.9 Å². The highest BCUT2D eigenvalue weighted by Crippen LogP contribution is 2.29. The van der Waals surface area contributed by atoms with E-state index in [1.807, 2.05) is 26.0 Å². The molecule has 0 aliphatic heterocycles. The van der Waals surface area contributed by atoms with E-state index in [0.717, 1.165) is 5.56 Å². The van der Waals surface area contributed by atoms with Crippen LogP contribution in [0.25, 0.3) is 0 Å². The highest BCUT2D eigenvalue weighted by atomic mass is 35.5. The third kappa shape index (κ3) is 9.06. The number of amides is 4. The molecular formula is C28H37ClN4O5. The van der Waals surface area contributed by atoms with Crippen LogP contribution in [0.15, 0.2) is 48.5 Å². The van der Waals surface area contributed by atoms with E-state index in [1.165, 1.54) is 4.90 Å². The quantitative estimate of drug-likeness (QED) is 0.376. The van der Waals surface area contributed by atoms with E-state index in [-0.39, 0.29) is 19.4 Å². The average Bonchev–Trinajstić information content (AvgIpc) is 2.83. The fraction of sp³-hybridized carbons (Fsp3) is 0.429. The van der Waals surface area contributed by atoms with Crippen LogP contribution in [0.3, 0.4) is 0 Å². The Kier molecular flexibility index (Phi) is 11.1. The fourth-order valence-electron chi connectivity index (χ4n) is 3.89. The molecule has 2 aromatic carbocycles. The number of hydrogen-bond acceptors (Lipinski definition) is 5. The number of rotatable bonds is 11. The second kappa shape index (κ2) is 13.8. The zero-order chi connectivity index (χ0) is 28.5. The van der Waals surface area contributed by atoms with Crippen molar-refractivity contribution >= 4 is 41.1 Å². The number of halogens is 1. The first-order chi connectivity index (χ1) is 17.8. The predicted molar refractivity (Wildman–Crippen MR) is 148 cm³/mol. The minimum Gasteiger partial charge on any atom is -0.444 e. The number of alkyl carbamates (subject to hydrolysis) is 1. The lowest BCUT2D eigenvalue weighted by Crippen LogP contribution is -2.52. The van der Waals surface area contributed by atoms with E-state index in [2.05, 4.69) is 10.6 Å². The summed E-state index contributed by atoms with van der Waals surface area (Å²) in [4.78, 5) is 53.3. The van der Waals surface area contributed by atoms with Gasteiger partial charge in [0.15, 0.2) is 0 Å². The summed E-state index contributed by atoms with van der Waals surface area (Å²) in [5.41, 5.74) is 6.31. The molecular weight excluding hydrogens is 508 g/mol. The molecule has 0 saturated heterocycles. The Morgan fingerprint density at radius 3 is 2.26 bits per heavy atom. The molecule has 2 rings (SSSR count). The van der Waals surface area contributed by atoms with Gasteiger partial charge in [-0.15, -0.1) is 0 Å². The summed E-state index contributed by atoms with van der Waals surface area (Å²) in [6.07, 6.45) is -0.486. The van der Waals surface area contributed by atoms with Crippen LogP contribution in [0.5, 0.6) is 0 Å². The molecule has 4 N–H and O–H groups in total. The van der Waals surface area contributed by atoms with Crippen molar-refractivity contribution in [1.82, 2.24) is 10.2 Å². The maximum atomic E-state index is 13.9. The van der Waals surface area contributed by atoms with Crippen molar-refractivity contribution in [3.8, 4) is 0 Å². The summed E-state index contributed by atoms with van der Waals surface area (Å²) in [7, 11) is 0. The molecule has 4 amide bonds. The molecule has 0 aliphatic carbocycles. The lowest BCUT2D eigenvalue weighted by Gasteiger charge is -2.34. The van der Waals surface area contributed by atoms with Crippen LogP contribution in [0, 0.1) is 6.92 Å². The van der Waals surface area contributed by atoms with Crippen LogP contribution >= 0.6 is 11.6 Å². The van der Waals surface area contributed by atoms with Gasteiger partial charge < -0.3 is 26.0 Å². The molecule has 10 heteroatoms. The zero-order valence-electron chi connectivity index (χ0n) is 22.5. The lowest BCUT2D eigenvalue weighted by atomic mass is 10.0. The molecule has 0 bridgehead atoms. The predicted octanol–water partition coefficient (Wildman–Crippen LogP) is 4.73. The van der Waals surface area contributed by atoms with Crippen LogP contribution in [0.2, 0.25) is 5.02 Å². The summed E-state index contributed by atoms with van der Waals surface area (Å²) < 4.78 is 5.33. The molecule has 206 valence electrons. The van der Waals surface area contributed by atoms with Crippen LogP contribution < -0.4 is 16.4 Å². The number of para-hydroxylation sites is 1. The normalized spacial score (nSPS) is 12.7. The molecule has 0 fully saturated rings. The molecule has 0 aromatic heterocycles. The van der Waals surface area contributed by atoms with Gasteiger partial charge in [0.2, 0.25) is 11.8 Å². The number of hydrogen-bond donors (Lipinski definition) is 3. The summed E-state index contributed by atoms with van der Waals surface area (Å²) in [6, 6.07) is 11.9. The maximum absolute atomic E-state index is 13.9. The summed E-state index contributed by atoms with van der Waals surface area (Å²) in [5, 5.41) is 5.81. The van der Waals surface area contributed by atoms with E-state index in [4.69, 9.17) is 22.1 Å². The van der Waals surface area contributed by atoms with E-state index >= 15 is 0 Å². The van der Waals surface area contributed by atoms with Gasteiger partial charge in [-0.25, -0.2) is 4.79 Å². The van der Waals surface area contributed by atoms with E-state index < -0.39 is 41.5 Å². The number of nitrogens with one attached hydrogen (secondary N) is 2. The largest absolute Gasteiger partial charge is 0.444 e. The average molecular weight is 545 g/mol. The first-order valence-electron chi connectivity index (χ1n) is 12.5. The van der Waals surface area contributed by atoms with Gasteiger partial charge in [0, 0.05) is 13.0 Å². The first kappa shape index (κ1) is 30.6. The smallest absolute Gasteiger partial charge is 0.408 e. The lowest BCUT2D eigenvalue weighted by molar-refractivity contribution is -0.141. The van der Waals surface area contributed by atoms with Gasteiger partial charge in [0.1, 0.15) is 17.7 Å². The Hall–Kier alpha value is -3.59. The monoisotopic (exact) mass is 544 g/mol. The summed E-state index contributed by atoms with van der Waals surface area (Å²) in [6.45, 7) is 8.99. The maximum Gasteiger partial charge on any atom is 0.408 e. The number of carbonyl (C=O) groups is 4. The summed E-state index contributed by atoms with van der Waals surface area (Å²) >= 11 is 6.36. The Morgan fingerprint density at radius 1 is 1.05 bits per heavy atom. The molecule has 2 atom stereocenters. The number of carbonyl (C=O) groups excluding carboxylic acids is 4. The van der Waals surface area contributed by atoms with Crippen molar-refractivity contribution in [2.45, 2.75) is 71.6 Å². The number of nitrogens with zero attached hydrogens (tertiary/aromatic N) is 1. The Labute approximate surface area is 229 Å². The molecule has 2 aromatic rings. The molecule has 0 aliphatic rings. The van der Waals surface area contributed by atoms with Gasteiger partial charge in [-0.1, -0.05) is 61.0 Å². The number of benzene rings is 2. The van der Waals surface area contributed by atoms with E-state index in [0.29, 0.717) is 22.7 Å². The summed E-state index contributed by atoms with van der Waals surface area (Å²) in [5.74, 6) is -1.64. The third-order valence-electron chi connectivity index (χ3n) is 5.56. The highest BCUT2D eigenvalue weighted by Gasteiger charge is 2.36. The van der Waals surface area contributed by atoms with Gasteiger partial charge in [-0.05, 0) is 57.7 Å². The van der Waals surface area contributed by atoms with Crippen molar-refractivity contribution < 1.29 is 23.9 Å². The highest BCUT2D eigenvalue weighted by molar-refractivity contribution is 6.34. The third-order valence-corrected chi connectivity index (χ3v) is 5.88. The molecule has 0 heterocycles. The van der Waals surface area contributed by atoms with Crippen molar-refractivity contribution in [3.05, 3.63) is 64.7 Å². The zero-order valence-corrected chi connectivity index (χ0v) is 23.3. The van der Waals surface area contributed by atoms with Gasteiger partial charge in [-0.2, -0.15) is 0 Å². The van der Waals surface area contributed by atoms with Crippen molar-refractivity contribution in [2.24, 2.45) is 5.73 Å². The minimum absolute atomic E-state index is 0.0552. The Bertz CT molecular complexity index is 1110. The van der Waals surface area contributed by atoms with E-state index in [9.17, 15) is 19.2 Å². The number of nitrogens with two attached hydrogens (primary N) is 1. The molecule has 38 heavy (non-hydrogen) atoms. The second-order valence-electron chi connectivity index (χ2n) is 9.97. The van der Waals surface area contributed by atoms with Gasteiger partial charge in [0.25, 0.3) is 5.91 Å². The van der Waals surface area contributed by atoms with Crippen molar-refractivity contribution in [1.29, 1.82) is 0 Å². The number of aryl methyl sites for hydroxylation is 1. The van der Waals surface area contributed by atoms with Gasteiger partial charge >= 0.3 is 6.09 Å². The Morgan fingerprint density at radius 2 is 1.71 bits per heavy atom. The van der Waals surface area contributed by atoms with Crippen LogP contribution in [-0.4, -0.2) is 46.9 Å². The van der Waals surface area contributed by atoms with E-state index in [1.54, 1.807) is 57.2 Å². The molecule has 0 saturated carbocycles. The van der Waals surface area contributed by atoms with Gasteiger partial charge in [0.05, 0.1) is 10.7 Å². The first-order valence-corrected chi connectivity index (χ1v) is 12.9. The second-order valence-corrected chi connectivity index (χ2v) is 10.4. The molecule has 9 nitrogen and oxygen atoms in total. The Balaban J connectivity index is 2.49. The number of ether oxygens (including phenoxy) is 1. The number of primary amides is 1. The van der Waals surface area contributed by atoms with Crippen LogP contribution in [-0.2, 0) is 19.1 Å². The van der Waals surface area contributed by atoms with Gasteiger partial charge in [-0.3, -0.25) is 14.4 Å².